The van der Waals surface area contributed by atoms with Crippen LogP contribution in [0.25, 0.3) is 81.6 Å². The maximum Gasteiger partial charge on any atom is 0.0541 e. The smallest absolute Gasteiger partial charge is 0.0541 e. The first-order valence-electron chi connectivity index (χ1n) is 21.9. The van der Waals surface area contributed by atoms with Gasteiger partial charge in [-0.25, -0.2) is 0 Å². The molecule has 0 amide bonds. The van der Waals surface area contributed by atoms with Crippen molar-refractivity contribution in [2.45, 2.75) is 53.4 Å². The third-order valence-electron chi connectivity index (χ3n) is 10.8. The predicted molar refractivity (Wildman–Crippen MR) is 273 cm³/mol. The Morgan fingerprint density at radius 2 is 1.31 bits per heavy atom. The molecular weight excluding hydrogens is 759 g/mol. The molecule has 2 aromatic heterocycles. The molecule has 3 nitrogen and oxygen atoms in total. The lowest BCUT2D eigenvalue weighted by Crippen LogP contribution is -1.94. The van der Waals surface area contributed by atoms with Gasteiger partial charge in [0.15, 0.2) is 0 Å². The number of aliphatic imine (C=N–C) groups is 1. The largest absolute Gasteiger partial charge is 0.331 e. The molecule has 8 aromatic rings. The van der Waals surface area contributed by atoms with Crippen LogP contribution in [0.4, 0.5) is 0 Å². The number of fused-ring (bicyclic) bond motifs is 6. The lowest BCUT2D eigenvalue weighted by molar-refractivity contribution is 0.810. The van der Waals surface area contributed by atoms with Gasteiger partial charge in [0.2, 0.25) is 0 Å². The number of hydrogen-bond acceptors (Lipinski definition) is 3. The van der Waals surface area contributed by atoms with Crippen molar-refractivity contribution in [1.82, 2.24) is 4.57 Å². The van der Waals surface area contributed by atoms with Crippen LogP contribution in [0, 0.1) is 0 Å². The first kappa shape index (κ1) is 42.8. The van der Waals surface area contributed by atoms with E-state index in [1.807, 2.05) is 44.4 Å². The maximum atomic E-state index is 4.85. The summed E-state index contributed by atoms with van der Waals surface area (Å²) in [4.78, 5) is 4.48. The first-order chi connectivity index (χ1) is 30.2. The van der Waals surface area contributed by atoms with Gasteiger partial charge in [-0.2, -0.15) is 0 Å². The minimum absolute atomic E-state index is 0.750. The minimum Gasteiger partial charge on any atom is -0.331 e. The standard InChI is InChI=1S/C53H44N2S.C2H7N.C2H6/c1-2-3-33-54-34-17-7-10-18-38-21-11-12-22-43(38)40-27-30-50-47(35-40)48-36-41(45-24-14-13-23-44(45)39-19-8-5-4-6-9-20-39)28-31-51(48)55(50)42-29-32-53-49(37-42)46-25-15-16-26-52(46)56-53;1-2-3;1-2/h4-8,10-19,21-32,34-37H,2-3,9,20,33H2,1H3;2-3H2,1H3;1-2H3/b6-4+,8-5-,17-7-,18-10+,39-19+,54-34?;;. The van der Waals surface area contributed by atoms with Gasteiger partial charge in [-0.3, -0.25) is 4.99 Å². The summed E-state index contributed by atoms with van der Waals surface area (Å²) in [6.07, 6.45) is 25.6. The Kier molecular flexibility index (Phi) is 14.9. The van der Waals surface area contributed by atoms with Gasteiger partial charge >= 0.3 is 0 Å². The zero-order valence-corrected chi connectivity index (χ0v) is 36.8. The van der Waals surface area contributed by atoms with Crippen LogP contribution in [0.15, 0.2) is 181 Å². The molecule has 2 N–H and O–H groups in total. The number of nitrogens with two attached hydrogens (primary N) is 1. The molecule has 0 unspecified atom stereocenters. The summed E-state index contributed by atoms with van der Waals surface area (Å²) in [7, 11) is 0. The van der Waals surface area contributed by atoms with Gasteiger partial charge in [-0.15, -0.1) is 11.3 Å². The van der Waals surface area contributed by atoms with E-state index in [-0.39, 0.29) is 0 Å². The van der Waals surface area contributed by atoms with E-state index in [1.54, 1.807) is 0 Å². The highest BCUT2D eigenvalue weighted by atomic mass is 32.1. The Labute approximate surface area is 366 Å². The Balaban J connectivity index is 0.00000108. The number of unbranched alkanes of at least 4 members (excludes halogenated alkanes) is 1. The number of rotatable bonds is 10. The summed E-state index contributed by atoms with van der Waals surface area (Å²) in [5, 5.41) is 5.11. The van der Waals surface area contributed by atoms with Gasteiger partial charge in [0.05, 0.1) is 11.0 Å². The van der Waals surface area contributed by atoms with Crippen LogP contribution in [-0.2, 0) is 0 Å². The molecule has 9 rings (SSSR count). The van der Waals surface area contributed by atoms with Gasteiger partial charge in [0.25, 0.3) is 0 Å². The fraction of sp³-hybridized carbons (Fsp3) is 0.175. The van der Waals surface area contributed by atoms with Gasteiger partial charge < -0.3 is 10.3 Å². The third-order valence-corrected chi connectivity index (χ3v) is 12.0. The molecule has 6 aromatic carbocycles. The predicted octanol–water partition coefficient (Wildman–Crippen LogP) is 16.2. The molecule has 0 atom stereocenters. The fourth-order valence-corrected chi connectivity index (χ4v) is 9.11. The summed E-state index contributed by atoms with van der Waals surface area (Å²) in [5.41, 5.74) is 17.2. The van der Waals surface area contributed by atoms with Crippen molar-refractivity contribution in [3.63, 3.8) is 0 Å². The number of hydrogen-bond donors (Lipinski definition) is 1. The third kappa shape index (κ3) is 9.68. The Hall–Kier alpha value is -6.33. The first-order valence-corrected chi connectivity index (χ1v) is 22.7. The second-order valence-corrected chi connectivity index (χ2v) is 15.9. The molecule has 1 aliphatic carbocycles. The van der Waals surface area contributed by atoms with Crippen molar-refractivity contribution in [1.29, 1.82) is 0 Å². The Morgan fingerprint density at radius 1 is 0.639 bits per heavy atom. The van der Waals surface area contributed by atoms with Gasteiger partial charge in [-0.1, -0.05) is 162 Å². The summed E-state index contributed by atoms with van der Waals surface area (Å²) >= 11 is 1.86. The molecule has 2 heterocycles. The van der Waals surface area contributed by atoms with Crippen molar-refractivity contribution in [3.05, 3.63) is 187 Å². The molecule has 0 spiro atoms. The topological polar surface area (TPSA) is 43.3 Å². The molecular formula is C57H57N3S. The zero-order chi connectivity index (χ0) is 42.4. The van der Waals surface area contributed by atoms with E-state index in [0.717, 1.165) is 38.8 Å². The van der Waals surface area contributed by atoms with Crippen molar-refractivity contribution in [3.8, 4) is 27.9 Å². The number of aromatic nitrogens is 1. The number of benzene rings is 6. The molecule has 0 bridgehead atoms. The molecule has 0 fully saturated rings. The van der Waals surface area contributed by atoms with Crippen LogP contribution in [0.5, 0.6) is 0 Å². The van der Waals surface area contributed by atoms with Crippen molar-refractivity contribution in [2.75, 3.05) is 13.1 Å². The highest BCUT2D eigenvalue weighted by molar-refractivity contribution is 7.25. The summed E-state index contributed by atoms with van der Waals surface area (Å²) in [6, 6.07) is 47.4. The average Bonchev–Trinajstić information content (AvgIpc) is 3.83. The summed E-state index contributed by atoms with van der Waals surface area (Å²) in [5.74, 6) is 0. The molecule has 306 valence electrons. The Morgan fingerprint density at radius 3 is 2.08 bits per heavy atom. The van der Waals surface area contributed by atoms with E-state index in [9.17, 15) is 0 Å². The molecule has 0 saturated heterocycles. The number of nitrogens with zero attached hydrogens (tertiary/aromatic N) is 2. The van der Waals surface area contributed by atoms with E-state index in [1.165, 1.54) is 86.6 Å². The SMILES string of the molecule is CC.CCCCN=C/C=C\C=C\c1ccccc1-c1ccc2c(c1)c1cc(-c3ccccc3/C3=C/C=C\C=C\CC3)ccc1n2-c1ccc2sc3ccccc3c2c1.CCN. The van der Waals surface area contributed by atoms with E-state index in [0.29, 0.717) is 0 Å². The molecule has 0 radical (unpaired) electrons. The van der Waals surface area contributed by atoms with Crippen LogP contribution in [-0.4, -0.2) is 23.9 Å². The second kappa shape index (κ2) is 21.3. The molecule has 4 heteroatoms. The van der Waals surface area contributed by atoms with Crippen LogP contribution >= 0.6 is 11.3 Å². The minimum atomic E-state index is 0.750. The van der Waals surface area contributed by atoms with Crippen LogP contribution < -0.4 is 5.73 Å². The fourth-order valence-electron chi connectivity index (χ4n) is 8.02. The van der Waals surface area contributed by atoms with Crippen LogP contribution in [0.3, 0.4) is 0 Å². The molecule has 0 saturated carbocycles. The monoisotopic (exact) mass is 815 g/mol. The quantitative estimate of drug-likeness (QED) is 0.0834. The van der Waals surface area contributed by atoms with E-state index < -0.39 is 0 Å². The maximum absolute atomic E-state index is 4.85. The molecule has 1 aliphatic rings. The summed E-state index contributed by atoms with van der Waals surface area (Å²) in [6.45, 7) is 9.73. The zero-order valence-electron chi connectivity index (χ0n) is 36.0. The van der Waals surface area contributed by atoms with Crippen LogP contribution in [0.1, 0.15) is 64.5 Å². The Bertz CT molecular complexity index is 2930. The number of thiophene rings is 1. The highest BCUT2D eigenvalue weighted by Gasteiger charge is 2.18. The summed E-state index contributed by atoms with van der Waals surface area (Å²) < 4.78 is 5.10. The van der Waals surface area contributed by atoms with Gasteiger partial charge in [0, 0.05) is 49.4 Å². The van der Waals surface area contributed by atoms with Gasteiger partial charge in [0.1, 0.15) is 0 Å². The lowest BCUT2D eigenvalue weighted by Gasteiger charge is -2.14. The molecule has 0 aliphatic heterocycles. The molecule has 61 heavy (non-hydrogen) atoms. The van der Waals surface area contributed by atoms with Crippen molar-refractivity contribution in [2.24, 2.45) is 10.7 Å². The lowest BCUT2D eigenvalue weighted by atomic mass is 9.90. The normalized spacial score (nSPS) is 14.8. The number of allylic oxidation sites excluding steroid dienone is 9. The van der Waals surface area contributed by atoms with Crippen LogP contribution in [0.2, 0.25) is 0 Å². The average molecular weight is 816 g/mol. The van der Waals surface area contributed by atoms with Crippen molar-refractivity contribution >= 4 is 71.2 Å². The van der Waals surface area contributed by atoms with E-state index >= 15 is 0 Å². The van der Waals surface area contributed by atoms with Gasteiger partial charge in [-0.05, 0) is 119 Å². The second-order valence-electron chi connectivity index (χ2n) is 14.8. The highest BCUT2D eigenvalue weighted by Crippen LogP contribution is 2.41. The van der Waals surface area contributed by atoms with E-state index in [4.69, 9.17) is 5.73 Å². The van der Waals surface area contributed by atoms with Crippen molar-refractivity contribution < 1.29 is 0 Å². The van der Waals surface area contributed by atoms with E-state index in [2.05, 4.69) is 192 Å².